The molecular weight excluding hydrogens is 266 g/mol. The quantitative estimate of drug-likeness (QED) is 0.726. The van der Waals surface area contributed by atoms with Crippen molar-refractivity contribution in [2.75, 3.05) is 13.6 Å². The van der Waals surface area contributed by atoms with E-state index in [4.69, 9.17) is 1.37 Å². The molecule has 2 aromatic rings. The molecule has 1 nitrogen and oxygen atoms in total. The van der Waals surface area contributed by atoms with Gasteiger partial charge in [0.25, 0.3) is 0 Å². The van der Waals surface area contributed by atoms with Crippen LogP contribution in [0.5, 0.6) is 0 Å². The van der Waals surface area contributed by atoms with Crippen molar-refractivity contribution in [1.82, 2.24) is 4.90 Å². The summed E-state index contributed by atoms with van der Waals surface area (Å²) < 4.78 is 8.06. The van der Waals surface area contributed by atoms with Crippen LogP contribution in [0.1, 0.15) is 27.7 Å². The predicted octanol–water partition coefficient (Wildman–Crippen LogP) is 4.88. The van der Waals surface area contributed by atoms with Crippen LogP contribution in [0.2, 0.25) is 0 Å². The molecular formula is C21H25N. The number of likely N-dealkylation sites (N-methyl/N-ethyl adjacent to an activating group) is 1. The Morgan fingerprint density at radius 2 is 1.86 bits per heavy atom. The van der Waals surface area contributed by atoms with Crippen molar-refractivity contribution in [2.24, 2.45) is 5.41 Å². The fourth-order valence-corrected chi connectivity index (χ4v) is 2.28. The second-order valence-electron chi connectivity index (χ2n) is 6.68. The molecule has 0 unspecified atom stereocenters. The summed E-state index contributed by atoms with van der Waals surface area (Å²) in [5.74, 6) is 6.13. The number of rotatable bonds is 4. The molecule has 0 saturated heterocycles. The summed E-state index contributed by atoms with van der Waals surface area (Å²) in [6.45, 7) is 7.64. The van der Waals surface area contributed by atoms with Crippen LogP contribution in [0.25, 0.3) is 10.8 Å². The number of hydrogen-bond acceptors (Lipinski definition) is 1. The van der Waals surface area contributed by atoms with Crippen molar-refractivity contribution in [3.63, 3.8) is 0 Å². The lowest BCUT2D eigenvalue weighted by Gasteiger charge is -2.15. The number of fused-ring (bicyclic) bond motifs is 1. The molecule has 0 spiro atoms. The van der Waals surface area contributed by atoms with E-state index in [2.05, 4.69) is 80.0 Å². The molecule has 0 amide bonds. The molecule has 2 rings (SSSR count). The first-order valence-electron chi connectivity index (χ1n) is 8.19. The molecule has 22 heavy (non-hydrogen) atoms. The van der Waals surface area contributed by atoms with Crippen LogP contribution < -0.4 is 0 Å². The van der Waals surface area contributed by atoms with Crippen molar-refractivity contribution < 1.29 is 1.37 Å². The molecule has 0 N–H and O–H groups in total. The van der Waals surface area contributed by atoms with E-state index in [-0.39, 0.29) is 5.41 Å². The molecule has 2 aromatic carbocycles. The summed E-state index contributed by atoms with van der Waals surface area (Å²) >= 11 is 0. The highest BCUT2D eigenvalue weighted by Gasteiger charge is 2.03. The summed E-state index contributed by atoms with van der Waals surface area (Å²) in [5, 5.41) is 2.54. The molecule has 0 aliphatic heterocycles. The maximum absolute atomic E-state index is 8.06. The number of allylic oxidation sites excluding steroid dienone is 1. The minimum absolute atomic E-state index is 0.0222. The highest BCUT2D eigenvalue weighted by Crippen LogP contribution is 2.19. The van der Waals surface area contributed by atoms with E-state index < -0.39 is 0 Å². The molecule has 0 aromatic heterocycles. The summed E-state index contributed by atoms with van der Waals surface area (Å²) in [6.07, 6.45) is 1.71. The monoisotopic (exact) mass is 292 g/mol. The maximum Gasteiger partial charge on any atom is 0.0596 e. The van der Waals surface area contributed by atoms with Crippen molar-refractivity contribution in [2.45, 2.75) is 27.3 Å². The standard InChI is InChI=1S/C21H25N/c1-21(2,3)15-8-5-9-16-22(4)17-19-13-10-12-18-11-6-7-14-20(18)19/h5-7,9-14H,16-17H2,1-4H3/i9D. The zero-order valence-corrected chi connectivity index (χ0v) is 14.0. The lowest BCUT2D eigenvalue weighted by Crippen LogP contribution is -2.17. The summed E-state index contributed by atoms with van der Waals surface area (Å²) in [4.78, 5) is 2.15. The normalized spacial score (nSPS) is 13.0. The third-order valence-electron chi connectivity index (χ3n) is 3.30. The van der Waals surface area contributed by atoms with Gasteiger partial charge in [-0.3, -0.25) is 4.90 Å². The Balaban J connectivity index is 2.05. The highest BCUT2D eigenvalue weighted by molar-refractivity contribution is 5.85. The molecule has 0 aliphatic rings. The SMILES string of the molecule is [2H]C(=CC#CC(C)(C)C)CN(C)Cc1cccc2ccccc12. The van der Waals surface area contributed by atoms with Crippen molar-refractivity contribution >= 4 is 10.8 Å². The predicted molar refractivity (Wildman–Crippen MR) is 96.7 cm³/mol. The second-order valence-corrected chi connectivity index (χ2v) is 6.68. The molecule has 1 heteroatoms. The van der Waals surface area contributed by atoms with Crippen LogP contribution >= 0.6 is 0 Å². The minimum Gasteiger partial charge on any atom is -0.298 e. The van der Waals surface area contributed by atoms with Crippen LogP contribution in [0.4, 0.5) is 0 Å². The minimum atomic E-state index is -0.0222. The van der Waals surface area contributed by atoms with Gasteiger partial charge in [-0.15, -0.1) is 0 Å². The van der Waals surface area contributed by atoms with E-state index >= 15 is 0 Å². The average Bonchev–Trinajstić information content (AvgIpc) is 2.46. The van der Waals surface area contributed by atoms with Gasteiger partial charge in [-0.2, -0.15) is 0 Å². The van der Waals surface area contributed by atoms with Gasteiger partial charge in [0.15, 0.2) is 0 Å². The Morgan fingerprint density at radius 1 is 1.14 bits per heavy atom. The zero-order chi connectivity index (χ0) is 16.9. The number of hydrogen-bond donors (Lipinski definition) is 0. The first-order valence-corrected chi connectivity index (χ1v) is 7.69. The van der Waals surface area contributed by atoms with Crippen molar-refractivity contribution in [3.05, 3.63) is 60.2 Å². The highest BCUT2D eigenvalue weighted by atomic mass is 15.1. The molecule has 0 aliphatic carbocycles. The molecule has 0 heterocycles. The lowest BCUT2D eigenvalue weighted by atomic mass is 9.98. The largest absolute Gasteiger partial charge is 0.298 e. The lowest BCUT2D eigenvalue weighted by molar-refractivity contribution is 0.365. The molecule has 0 atom stereocenters. The van der Waals surface area contributed by atoms with E-state index in [0.29, 0.717) is 12.6 Å². The molecule has 0 bridgehead atoms. The molecule has 0 radical (unpaired) electrons. The van der Waals surface area contributed by atoms with E-state index in [9.17, 15) is 0 Å². The van der Waals surface area contributed by atoms with Crippen LogP contribution in [-0.2, 0) is 6.54 Å². The van der Waals surface area contributed by atoms with Gasteiger partial charge < -0.3 is 0 Å². The average molecular weight is 292 g/mol. The second kappa shape index (κ2) is 7.29. The van der Waals surface area contributed by atoms with Gasteiger partial charge in [0, 0.05) is 18.5 Å². The third-order valence-corrected chi connectivity index (χ3v) is 3.30. The smallest absolute Gasteiger partial charge is 0.0596 e. The number of benzene rings is 2. The zero-order valence-electron chi connectivity index (χ0n) is 15.0. The summed E-state index contributed by atoms with van der Waals surface area (Å²) in [6, 6.07) is 15.4. The Labute approximate surface area is 136 Å². The first kappa shape index (κ1) is 14.9. The topological polar surface area (TPSA) is 3.24 Å². The van der Waals surface area contributed by atoms with E-state index in [1.165, 1.54) is 16.3 Å². The number of nitrogens with zero attached hydrogens (tertiary/aromatic N) is 1. The van der Waals surface area contributed by atoms with Gasteiger partial charge in [0.05, 0.1) is 1.37 Å². The Kier molecular flexibility index (Phi) is 4.93. The van der Waals surface area contributed by atoms with Gasteiger partial charge in [0.2, 0.25) is 0 Å². The van der Waals surface area contributed by atoms with E-state index in [0.717, 1.165) is 6.54 Å². The Morgan fingerprint density at radius 3 is 2.64 bits per heavy atom. The van der Waals surface area contributed by atoms with Gasteiger partial charge in [-0.05, 0) is 50.2 Å². The van der Waals surface area contributed by atoms with E-state index in [1.807, 2.05) is 7.05 Å². The van der Waals surface area contributed by atoms with Crippen molar-refractivity contribution in [1.29, 1.82) is 0 Å². The van der Waals surface area contributed by atoms with Crippen LogP contribution in [0.3, 0.4) is 0 Å². The van der Waals surface area contributed by atoms with Crippen molar-refractivity contribution in [3.8, 4) is 11.8 Å². The van der Waals surface area contributed by atoms with Gasteiger partial charge in [0.1, 0.15) is 0 Å². The third kappa shape index (κ3) is 5.06. The summed E-state index contributed by atoms with van der Waals surface area (Å²) in [7, 11) is 2.04. The first-order chi connectivity index (χ1) is 10.8. The van der Waals surface area contributed by atoms with Crippen LogP contribution in [-0.4, -0.2) is 18.5 Å². The molecule has 0 saturated carbocycles. The van der Waals surface area contributed by atoms with Crippen LogP contribution in [0.15, 0.2) is 54.6 Å². The van der Waals surface area contributed by atoms with Gasteiger partial charge in [-0.25, -0.2) is 0 Å². The Bertz CT molecular complexity index is 751. The van der Waals surface area contributed by atoms with E-state index in [1.54, 1.807) is 6.08 Å². The van der Waals surface area contributed by atoms with Crippen LogP contribution in [0, 0.1) is 17.3 Å². The molecule has 0 fully saturated rings. The fourth-order valence-electron chi connectivity index (χ4n) is 2.28. The Hall–Kier alpha value is -2.04. The van der Waals surface area contributed by atoms with Gasteiger partial charge in [-0.1, -0.05) is 60.4 Å². The maximum atomic E-state index is 8.06. The van der Waals surface area contributed by atoms with Gasteiger partial charge >= 0.3 is 0 Å². The fraction of sp³-hybridized carbons (Fsp3) is 0.333. The summed E-state index contributed by atoms with van der Waals surface area (Å²) in [5.41, 5.74) is 1.27. The molecule has 114 valence electrons.